The van der Waals surface area contributed by atoms with Crippen molar-refractivity contribution >= 4 is 51.0 Å². The van der Waals surface area contributed by atoms with Gasteiger partial charge in [-0.25, -0.2) is 13.2 Å². The van der Waals surface area contributed by atoms with E-state index < -0.39 is 27.5 Å². The summed E-state index contributed by atoms with van der Waals surface area (Å²) in [5.74, 6) is 0.710. The first kappa shape index (κ1) is 28.4. The largest absolute Gasteiger partial charge is 0.493 e. The highest BCUT2D eigenvalue weighted by Gasteiger charge is 2.42. The summed E-state index contributed by atoms with van der Waals surface area (Å²) in [4.78, 5) is 13.5. The first-order valence-corrected chi connectivity index (χ1v) is 14.2. The molecular weight excluding hydrogens is 545 g/mol. The van der Waals surface area contributed by atoms with Gasteiger partial charge in [0.15, 0.2) is 16.9 Å². The molecule has 1 fully saturated rings. The SMILES string of the molecule is C=C(Cl)/C(C[C@H](OC(=O)[C@@H]1SCCN1S(=O)(=O)c1ccccc1)c1ccc(OC)c(OC)c1)=C(\C)Cl. The van der Waals surface area contributed by atoms with Gasteiger partial charge in [0.25, 0.3) is 0 Å². The van der Waals surface area contributed by atoms with Gasteiger partial charge in [0, 0.05) is 28.8 Å². The monoisotopic (exact) mass is 571 g/mol. The Balaban J connectivity index is 1.95. The molecule has 1 aliphatic rings. The van der Waals surface area contributed by atoms with Gasteiger partial charge in [0.1, 0.15) is 6.10 Å². The van der Waals surface area contributed by atoms with E-state index in [1.807, 2.05) is 0 Å². The maximum Gasteiger partial charge on any atom is 0.335 e. The van der Waals surface area contributed by atoms with Crippen LogP contribution in [-0.4, -0.2) is 50.6 Å². The van der Waals surface area contributed by atoms with Gasteiger partial charge >= 0.3 is 5.97 Å². The first-order valence-electron chi connectivity index (χ1n) is 10.9. The molecule has 0 saturated carbocycles. The fraction of sp³-hybridized carbons (Fsp3) is 0.320. The third-order valence-electron chi connectivity index (χ3n) is 5.57. The van der Waals surface area contributed by atoms with Crippen molar-refractivity contribution in [1.29, 1.82) is 0 Å². The van der Waals surface area contributed by atoms with E-state index in [9.17, 15) is 13.2 Å². The average Bonchev–Trinajstić information content (AvgIpc) is 3.37. The van der Waals surface area contributed by atoms with Crippen LogP contribution in [0.3, 0.4) is 0 Å². The molecular formula is C25H27Cl2NO6S2. The van der Waals surface area contributed by atoms with Gasteiger partial charge in [-0.1, -0.05) is 54.0 Å². The van der Waals surface area contributed by atoms with Gasteiger partial charge in [-0.2, -0.15) is 4.31 Å². The van der Waals surface area contributed by atoms with E-state index in [1.165, 1.54) is 42.4 Å². The molecule has 2 aromatic carbocycles. The van der Waals surface area contributed by atoms with Gasteiger partial charge in [-0.15, -0.1) is 11.8 Å². The number of sulfonamides is 1. The van der Waals surface area contributed by atoms with Gasteiger partial charge in [0.05, 0.1) is 19.1 Å². The maximum absolute atomic E-state index is 13.4. The van der Waals surface area contributed by atoms with Crippen LogP contribution in [0.15, 0.2) is 75.6 Å². The summed E-state index contributed by atoms with van der Waals surface area (Å²) >= 11 is 13.6. The molecule has 11 heteroatoms. The van der Waals surface area contributed by atoms with Crippen LogP contribution in [-0.2, 0) is 19.6 Å². The third-order valence-corrected chi connectivity index (χ3v) is 9.22. The Bertz CT molecular complexity index is 1250. The number of benzene rings is 2. The molecule has 36 heavy (non-hydrogen) atoms. The molecule has 0 spiro atoms. The zero-order valence-corrected chi connectivity index (χ0v) is 23.2. The number of hydrogen-bond acceptors (Lipinski definition) is 7. The van der Waals surface area contributed by atoms with Crippen LogP contribution < -0.4 is 9.47 Å². The van der Waals surface area contributed by atoms with Crippen LogP contribution in [0.25, 0.3) is 0 Å². The predicted molar refractivity (Wildman–Crippen MR) is 143 cm³/mol. The van der Waals surface area contributed by atoms with Crippen molar-refractivity contribution in [1.82, 2.24) is 4.31 Å². The summed E-state index contributed by atoms with van der Waals surface area (Å²) < 4.78 is 44.3. The number of thioether (sulfide) groups is 1. The minimum absolute atomic E-state index is 0.114. The Morgan fingerprint density at radius 3 is 2.39 bits per heavy atom. The molecule has 7 nitrogen and oxygen atoms in total. The number of methoxy groups -OCH3 is 2. The van der Waals surface area contributed by atoms with E-state index >= 15 is 0 Å². The molecule has 1 heterocycles. The van der Waals surface area contributed by atoms with Gasteiger partial charge in [-0.3, -0.25) is 0 Å². The predicted octanol–water partition coefficient (Wildman–Crippen LogP) is 5.71. The summed E-state index contributed by atoms with van der Waals surface area (Å²) in [6.45, 7) is 5.62. The summed E-state index contributed by atoms with van der Waals surface area (Å²) in [6, 6.07) is 13.1. The summed E-state index contributed by atoms with van der Waals surface area (Å²) in [5, 5.41) is -0.422. The van der Waals surface area contributed by atoms with Crippen molar-refractivity contribution in [3.8, 4) is 11.5 Å². The number of rotatable bonds is 10. The van der Waals surface area contributed by atoms with Crippen LogP contribution in [0.2, 0.25) is 0 Å². The van der Waals surface area contributed by atoms with Gasteiger partial charge in [0.2, 0.25) is 10.0 Å². The van der Waals surface area contributed by atoms with Crippen molar-refractivity contribution in [3.05, 3.63) is 76.3 Å². The van der Waals surface area contributed by atoms with Crippen LogP contribution in [0.4, 0.5) is 0 Å². The lowest BCUT2D eigenvalue weighted by Gasteiger charge is -2.26. The number of nitrogens with zero attached hydrogens (tertiary/aromatic N) is 1. The normalized spacial score (nSPS) is 17.8. The molecule has 2 atom stereocenters. The molecule has 3 rings (SSSR count). The number of hydrogen-bond donors (Lipinski definition) is 0. The molecule has 194 valence electrons. The van der Waals surface area contributed by atoms with Crippen LogP contribution in [0, 0.1) is 0 Å². The second-order valence-corrected chi connectivity index (χ2v) is 11.9. The van der Waals surface area contributed by atoms with Gasteiger partial charge < -0.3 is 14.2 Å². The van der Waals surface area contributed by atoms with Crippen molar-refractivity contribution in [3.63, 3.8) is 0 Å². The molecule has 0 unspecified atom stereocenters. The number of esters is 1. The van der Waals surface area contributed by atoms with Crippen molar-refractivity contribution in [2.45, 2.75) is 29.7 Å². The zero-order chi connectivity index (χ0) is 26.5. The van der Waals surface area contributed by atoms with Crippen molar-refractivity contribution in [2.75, 3.05) is 26.5 Å². The molecule has 1 aliphatic heterocycles. The second-order valence-electron chi connectivity index (χ2n) is 7.81. The molecule has 0 aliphatic carbocycles. The Morgan fingerprint density at radius 1 is 1.14 bits per heavy atom. The van der Waals surface area contributed by atoms with E-state index in [0.717, 1.165) is 0 Å². The number of allylic oxidation sites excluding steroid dienone is 2. The highest BCUT2D eigenvalue weighted by atomic mass is 35.5. The zero-order valence-electron chi connectivity index (χ0n) is 20.1. The van der Waals surface area contributed by atoms with Crippen LogP contribution in [0.1, 0.15) is 25.0 Å². The van der Waals surface area contributed by atoms with Gasteiger partial charge in [-0.05, 0) is 42.3 Å². The molecule has 1 saturated heterocycles. The molecule has 2 aromatic rings. The topological polar surface area (TPSA) is 82.1 Å². The Morgan fingerprint density at radius 2 is 1.81 bits per heavy atom. The summed E-state index contributed by atoms with van der Waals surface area (Å²) in [5.41, 5.74) is 1.11. The summed E-state index contributed by atoms with van der Waals surface area (Å²) in [7, 11) is -0.877. The second kappa shape index (κ2) is 12.4. The number of ether oxygens (including phenoxy) is 3. The lowest BCUT2D eigenvalue weighted by Crippen LogP contribution is -2.40. The minimum atomic E-state index is -3.89. The van der Waals surface area contributed by atoms with E-state index in [1.54, 1.807) is 43.3 Å². The number of halogens is 2. The molecule has 0 bridgehead atoms. The minimum Gasteiger partial charge on any atom is -0.493 e. The molecule has 0 amide bonds. The van der Waals surface area contributed by atoms with Crippen molar-refractivity contribution < 1.29 is 27.4 Å². The van der Waals surface area contributed by atoms with Crippen LogP contribution in [0.5, 0.6) is 11.5 Å². The smallest absolute Gasteiger partial charge is 0.335 e. The fourth-order valence-corrected chi connectivity index (χ4v) is 7.24. The van der Waals surface area contributed by atoms with Crippen molar-refractivity contribution in [2.24, 2.45) is 0 Å². The lowest BCUT2D eigenvalue weighted by molar-refractivity contribution is -0.150. The number of carbonyl (C=O) groups is 1. The third kappa shape index (κ3) is 6.39. The summed E-state index contributed by atoms with van der Waals surface area (Å²) in [6.07, 6.45) is -0.721. The fourth-order valence-electron chi connectivity index (χ4n) is 3.72. The number of carbonyl (C=O) groups excluding carboxylic acids is 1. The standard InChI is InChI=1S/C25H27Cl2NO6S2/c1-16(26)20(17(2)27)15-22(18-10-11-21(32-3)23(14-18)33-4)34-25(29)24-28(12-13-35-24)36(30,31)19-8-6-5-7-9-19/h5-11,14,22,24H,1,12-13,15H2,2-4H3/b20-17+/t22-,24-/m0/s1. The van der Waals surface area contributed by atoms with E-state index in [2.05, 4.69) is 6.58 Å². The highest BCUT2D eigenvalue weighted by Crippen LogP contribution is 2.38. The van der Waals surface area contributed by atoms with E-state index in [0.29, 0.717) is 33.4 Å². The Hall–Kier alpha value is -2.17. The van der Waals surface area contributed by atoms with E-state index in [-0.39, 0.29) is 22.9 Å². The maximum atomic E-state index is 13.4. The van der Waals surface area contributed by atoms with E-state index in [4.69, 9.17) is 37.4 Å². The quantitative estimate of drug-likeness (QED) is 0.267. The first-order chi connectivity index (χ1) is 17.1. The molecule has 0 N–H and O–H groups in total. The lowest BCUT2D eigenvalue weighted by atomic mass is 10.00. The Labute approximate surface area is 226 Å². The van der Waals surface area contributed by atoms with Crippen LogP contribution >= 0.6 is 35.0 Å². The molecule has 0 aromatic heterocycles. The molecule has 0 radical (unpaired) electrons. The average molecular weight is 573 g/mol. The highest BCUT2D eigenvalue weighted by molar-refractivity contribution is 8.02. The Kier molecular flexibility index (Phi) is 9.77.